The van der Waals surface area contributed by atoms with E-state index in [0.29, 0.717) is 29.1 Å². The van der Waals surface area contributed by atoms with Gasteiger partial charge in [0.05, 0.1) is 25.4 Å². The highest BCUT2D eigenvalue weighted by Gasteiger charge is 2.32. The normalized spacial score (nSPS) is 11.8. The zero-order valence-electron chi connectivity index (χ0n) is 19.9. The average Bonchev–Trinajstić information content (AvgIpc) is 3.55. The van der Waals surface area contributed by atoms with Crippen molar-refractivity contribution in [3.05, 3.63) is 78.3 Å². The fraction of sp³-hybridized carbons (Fsp3) is 0.308. The van der Waals surface area contributed by atoms with Gasteiger partial charge in [0.1, 0.15) is 29.6 Å². The zero-order valence-corrected chi connectivity index (χ0v) is 19.9. The Morgan fingerprint density at radius 2 is 2.00 bits per heavy atom. The highest BCUT2D eigenvalue weighted by atomic mass is 16.5. The third-order valence-corrected chi connectivity index (χ3v) is 5.76. The summed E-state index contributed by atoms with van der Waals surface area (Å²) in [6.45, 7) is 2.65. The standard InChI is InChI=1S/C26H29N5O4/c1-3-4-14-30(24(32)18-31-23-13-6-5-12-22(23)28-29-31)25(19-9-7-10-20(16-19)34-2)26(33)27-17-21-11-8-15-35-21/h5-13,15-16,25H,3-4,14,17-18H2,1-2H3,(H,27,33)/t25-/m0/s1. The lowest BCUT2D eigenvalue weighted by atomic mass is 10.0. The first kappa shape index (κ1) is 24.0. The average molecular weight is 476 g/mol. The van der Waals surface area contributed by atoms with Crippen molar-refractivity contribution >= 4 is 22.8 Å². The molecule has 0 unspecified atom stereocenters. The molecule has 2 heterocycles. The monoisotopic (exact) mass is 475 g/mol. The number of hydrogen-bond donors (Lipinski definition) is 1. The summed E-state index contributed by atoms with van der Waals surface area (Å²) >= 11 is 0. The molecule has 0 aliphatic rings. The second-order valence-electron chi connectivity index (χ2n) is 8.15. The van der Waals surface area contributed by atoms with Crippen LogP contribution in [0.15, 0.2) is 71.3 Å². The Labute approximate surface area is 203 Å². The molecule has 9 heteroatoms. The third kappa shape index (κ3) is 5.68. The number of carbonyl (C=O) groups excluding carboxylic acids is 2. The van der Waals surface area contributed by atoms with Gasteiger partial charge < -0.3 is 19.4 Å². The molecule has 0 bridgehead atoms. The number of para-hydroxylation sites is 1. The van der Waals surface area contributed by atoms with Crippen molar-refractivity contribution in [2.24, 2.45) is 0 Å². The lowest BCUT2D eigenvalue weighted by molar-refractivity contribution is -0.141. The van der Waals surface area contributed by atoms with E-state index < -0.39 is 6.04 Å². The van der Waals surface area contributed by atoms with Gasteiger partial charge in [-0.05, 0) is 48.4 Å². The van der Waals surface area contributed by atoms with E-state index in [1.807, 2.05) is 43.3 Å². The fourth-order valence-corrected chi connectivity index (χ4v) is 3.95. The molecule has 182 valence electrons. The topological polar surface area (TPSA) is 102 Å². The molecule has 0 spiro atoms. The Hall–Kier alpha value is -4.14. The number of hydrogen-bond acceptors (Lipinski definition) is 6. The molecule has 4 rings (SSSR count). The highest BCUT2D eigenvalue weighted by molar-refractivity contribution is 5.89. The molecule has 2 aromatic carbocycles. The lowest BCUT2D eigenvalue weighted by Crippen LogP contribution is -2.45. The van der Waals surface area contributed by atoms with E-state index in [1.165, 1.54) is 0 Å². The number of aromatic nitrogens is 3. The smallest absolute Gasteiger partial charge is 0.247 e. The van der Waals surface area contributed by atoms with Gasteiger partial charge in [0.15, 0.2) is 0 Å². The number of nitrogens with one attached hydrogen (secondary N) is 1. The molecule has 35 heavy (non-hydrogen) atoms. The summed E-state index contributed by atoms with van der Waals surface area (Å²) < 4.78 is 12.3. The maximum absolute atomic E-state index is 13.7. The molecule has 2 amide bonds. The molecule has 9 nitrogen and oxygen atoms in total. The molecule has 0 aliphatic carbocycles. The van der Waals surface area contributed by atoms with Crippen LogP contribution >= 0.6 is 0 Å². The quantitative estimate of drug-likeness (QED) is 0.355. The van der Waals surface area contributed by atoms with Crippen molar-refractivity contribution in [2.45, 2.75) is 38.9 Å². The van der Waals surface area contributed by atoms with Crippen molar-refractivity contribution in [3.63, 3.8) is 0 Å². The van der Waals surface area contributed by atoms with E-state index in [4.69, 9.17) is 9.15 Å². The zero-order chi connectivity index (χ0) is 24.6. The predicted molar refractivity (Wildman–Crippen MR) is 130 cm³/mol. The van der Waals surface area contributed by atoms with Crippen LogP contribution in [-0.4, -0.2) is 45.4 Å². The summed E-state index contributed by atoms with van der Waals surface area (Å²) in [5.74, 6) is 0.706. The van der Waals surface area contributed by atoms with Gasteiger partial charge in [-0.3, -0.25) is 9.59 Å². The van der Waals surface area contributed by atoms with Crippen LogP contribution < -0.4 is 10.1 Å². The van der Waals surface area contributed by atoms with Gasteiger partial charge in [-0.25, -0.2) is 4.68 Å². The first-order valence-electron chi connectivity index (χ1n) is 11.6. The lowest BCUT2D eigenvalue weighted by Gasteiger charge is -2.31. The van der Waals surface area contributed by atoms with Crippen molar-refractivity contribution in [1.82, 2.24) is 25.2 Å². The molecule has 0 saturated heterocycles. The van der Waals surface area contributed by atoms with Crippen LogP contribution in [-0.2, 0) is 22.7 Å². The van der Waals surface area contributed by atoms with Gasteiger partial charge in [0.25, 0.3) is 0 Å². The molecule has 0 saturated carbocycles. The fourth-order valence-electron chi connectivity index (χ4n) is 3.95. The second-order valence-corrected chi connectivity index (χ2v) is 8.15. The van der Waals surface area contributed by atoms with E-state index in [1.54, 1.807) is 47.2 Å². The van der Waals surface area contributed by atoms with Gasteiger partial charge in [-0.1, -0.05) is 42.8 Å². The number of ether oxygens (including phenoxy) is 1. The minimum atomic E-state index is -0.853. The largest absolute Gasteiger partial charge is 0.497 e. The summed E-state index contributed by atoms with van der Waals surface area (Å²) in [5.41, 5.74) is 2.13. The first-order chi connectivity index (χ1) is 17.1. The van der Waals surface area contributed by atoms with E-state index in [2.05, 4.69) is 15.6 Å². The van der Waals surface area contributed by atoms with E-state index >= 15 is 0 Å². The Bertz CT molecular complexity index is 1270. The Morgan fingerprint density at radius 3 is 2.77 bits per heavy atom. The summed E-state index contributed by atoms with van der Waals surface area (Å²) in [5, 5.41) is 11.2. The minimum absolute atomic E-state index is 0.0316. The summed E-state index contributed by atoms with van der Waals surface area (Å²) in [7, 11) is 1.57. The molecule has 2 aromatic heterocycles. The predicted octanol–water partition coefficient (Wildman–Crippen LogP) is 3.72. The van der Waals surface area contributed by atoms with E-state index in [-0.39, 0.29) is 24.9 Å². The Morgan fingerprint density at radius 1 is 1.14 bits per heavy atom. The molecular weight excluding hydrogens is 446 g/mol. The molecule has 1 atom stereocenters. The van der Waals surface area contributed by atoms with E-state index in [9.17, 15) is 9.59 Å². The molecule has 0 radical (unpaired) electrons. The number of methoxy groups -OCH3 is 1. The van der Waals surface area contributed by atoms with Crippen LogP contribution in [0.4, 0.5) is 0 Å². The van der Waals surface area contributed by atoms with Crippen LogP contribution in [0.1, 0.15) is 37.1 Å². The number of carbonyl (C=O) groups is 2. The number of nitrogens with zero attached hydrogens (tertiary/aromatic N) is 4. The number of amides is 2. The van der Waals surface area contributed by atoms with Gasteiger partial charge in [0, 0.05) is 6.54 Å². The molecule has 0 fully saturated rings. The van der Waals surface area contributed by atoms with Crippen molar-refractivity contribution in [1.29, 1.82) is 0 Å². The van der Waals surface area contributed by atoms with Crippen molar-refractivity contribution < 1.29 is 18.7 Å². The van der Waals surface area contributed by atoms with Crippen molar-refractivity contribution in [3.8, 4) is 5.75 Å². The molecule has 1 N–H and O–H groups in total. The summed E-state index contributed by atoms with van der Waals surface area (Å²) in [6.07, 6.45) is 3.17. The van der Waals surface area contributed by atoms with Crippen LogP contribution in [0.3, 0.4) is 0 Å². The van der Waals surface area contributed by atoms with Crippen LogP contribution in [0.2, 0.25) is 0 Å². The maximum atomic E-state index is 13.7. The highest BCUT2D eigenvalue weighted by Crippen LogP contribution is 2.26. The Balaban J connectivity index is 1.66. The van der Waals surface area contributed by atoms with Crippen LogP contribution in [0.5, 0.6) is 5.75 Å². The molecule has 4 aromatic rings. The Kier molecular flexibility index (Phi) is 7.77. The number of unbranched alkanes of at least 4 members (excludes halogenated alkanes) is 1. The van der Waals surface area contributed by atoms with Gasteiger partial charge in [-0.15, -0.1) is 5.10 Å². The second kappa shape index (κ2) is 11.3. The number of furan rings is 1. The molecular formula is C26H29N5O4. The number of rotatable bonds is 11. The SMILES string of the molecule is CCCCN(C(=O)Cn1nnc2ccccc21)[C@H](C(=O)NCc1ccco1)c1cccc(OC)c1. The van der Waals surface area contributed by atoms with Crippen LogP contribution in [0.25, 0.3) is 11.0 Å². The molecule has 0 aliphatic heterocycles. The first-order valence-corrected chi connectivity index (χ1v) is 11.6. The minimum Gasteiger partial charge on any atom is -0.497 e. The van der Waals surface area contributed by atoms with Gasteiger partial charge in [-0.2, -0.15) is 0 Å². The summed E-state index contributed by atoms with van der Waals surface area (Å²) in [6, 6.07) is 17.4. The summed E-state index contributed by atoms with van der Waals surface area (Å²) in [4.78, 5) is 28.8. The van der Waals surface area contributed by atoms with Crippen molar-refractivity contribution in [2.75, 3.05) is 13.7 Å². The van der Waals surface area contributed by atoms with Gasteiger partial charge >= 0.3 is 0 Å². The maximum Gasteiger partial charge on any atom is 0.247 e. The number of benzene rings is 2. The number of fused-ring (bicyclic) bond motifs is 1. The van der Waals surface area contributed by atoms with Gasteiger partial charge in [0.2, 0.25) is 11.8 Å². The third-order valence-electron chi connectivity index (χ3n) is 5.76. The van der Waals surface area contributed by atoms with E-state index in [0.717, 1.165) is 18.4 Å². The van der Waals surface area contributed by atoms with Crippen LogP contribution in [0, 0.1) is 0 Å².